The highest BCUT2D eigenvalue weighted by Gasteiger charge is 2.55. The van der Waals surface area contributed by atoms with E-state index in [9.17, 15) is 18.0 Å². The molecule has 7 nitrogen and oxygen atoms in total. The van der Waals surface area contributed by atoms with Crippen molar-refractivity contribution >= 4 is 21.8 Å². The van der Waals surface area contributed by atoms with Crippen LogP contribution in [0.4, 0.5) is 0 Å². The van der Waals surface area contributed by atoms with E-state index in [4.69, 9.17) is 5.73 Å². The van der Waals surface area contributed by atoms with Gasteiger partial charge in [0, 0.05) is 13.2 Å². The summed E-state index contributed by atoms with van der Waals surface area (Å²) in [6.45, 7) is 0. The van der Waals surface area contributed by atoms with Crippen LogP contribution in [0, 0.1) is 23.2 Å². The van der Waals surface area contributed by atoms with E-state index in [0.29, 0.717) is 17.8 Å². The van der Waals surface area contributed by atoms with Crippen molar-refractivity contribution in [1.29, 1.82) is 0 Å². The molecule has 1 aromatic heterocycles. The molecule has 4 saturated carbocycles. The third kappa shape index (κ3) is 2.67. The second-order valence-corrected chi connectivity index (χ2v) is 9.85. The highest BCUT2D eigenvalue weighted by Crippen LogP contribution is 2.60. The first-order valence-corrected chi connectivity index (χ1v) is 10.2. The minimum atomic E-state index is -4.02. The van der Waals surface area contributed by atoms with E-state index in [1.807, 2.05) is 0 Å². The molecule has 0 aromatic carbocycles. The lowest BCUT2D eigenvalue weighted by atomic mass is 9.49. The van der Waals surface area contributed by atoms with Crippen LogP contribution in [-0.4, -0.2) is 24.8 Å². The molecule has 25 heavy (non-hydrogen) atoms. The number of aromatic nitrogens is 1. The standard InChI is InChI=1S/C17H23N3O4S/c1-20-9-13(5-14(20)15(18)21)25(23,24)19-16(22)17-6-10-2-11(7-17)4-12(3-10)8-17/h5,9-12H,2-4,6-8H2,1H3,(H2,18,21)(H,19,22). The fourth-order valence-corrected chi connectivity index (χ4v) is 6.75. The summed E-state index contributed by atoms with van der Waals surface area (Å²) >= 11 is 0. The molecule has 4 aliphatic carbocycles. The SMILES string of the molecule is Cn1cc(S(=O)(=O)NC(=O)C23CC4CC(CC(C4)C2)C3)cc1C(N)=O. The Hall–Kier alpha value is -1.83. The summed E-state index contributed by atoms with van der Waals surface area (Å²) in [6.07, 6.45) is 7.22. The molecule has 0 atom stereocenters. The van der Waals surface area contributed by atoms with E-state index in [0.717, 1.165) is 19.3 Å². The highest BCUT2D eigenvalue weighted by molar-refractivity contribution is 7.90. The molecule has 3 N–H and O–H groups in total. The van der Waals surface area contributed by atoms with Crippen LogP contribution < -0.4 is 10.5 Å². The zero-order chi connectivity index (χ0) is 18.0. The van der Waals surface area contributed by atoms with Crippen LogP contribution in [0.1, 0.15) is 49.0 Å². The molecule has 5 rings (SSSR count). The number of primary amides is 1. The lowest BCUT2D eigenvalue weighted by Gasteiger charge is -2.55. The minimum absolute atomic E-state index is 0.0858. The smallest absolute Gasteiger partial charge is 0.265 e. The summed E-state index contributed by atoms with van der Waals surface area (Å²) in [6, 6.07) is 1.21. The third-order valence-electron chi connectivity index (χ3n) is 6.29. The van der Waals surface area contributed by atoms with Gasteiger partial charge in [0.05, 0.1) is 5.41 Å². The molecule has 2 amide bonds. The molecule has 0 spiro atoms. The fourth-order valence-electron chi connectivity index (χ4n) is 5.60. The number of carbonyl (C=O) groups excluding carboxylic acids is 2. The average molecular weight is 365 g/mol. The number of hydrogen-bond acceptors (Lipinski definition) is 4. The second kappa shape index (κ2) is 5.33. The van der Waals surface area contributed by atoms with Gasteiger partial charge >= 0.3 is 0 Å². The Bertz CT molecular complexity index is 820. The van der Waals surface area contributed by atoms with Gasteiger partial charge in [-0.3, -0.25) is 9.59 Å². The summed E-state index contributed by atoms with van der Waals surface area (Å²) < 4.78 is 28.9. The fraction of sp³-hybridized carbons (Fsp3) is 0.647. The summed E-state index contributed by atoms with van der Waals surface area (Å²) in [5, 5.41) is 0. The first kappa shape index (κ1) is 16.6. The molecule has 8 heteroatoms. The maximum atomic E-state index is 12.9. The van der Waals surface area contributed by atoms with Gasteiger partial charge in [-0.25, -0.2) is 13.1 Å². The molecule has 4 fully saturated rings. The predicted molar refractivity (Wildman–Crippen MR) is 89.9 cm³/mol. The number of hydrogen-bond donors (Lipinski definition) is 2. The Labute approximate surface area is 147 Å². The molecule has 4 bridgehead atoms. The summed E-state index contributed by atoms with van der Waals surface area (Å²) in [5.74, 6) is 0.570. The van der Waals surface area contributed by atoms with Crippen LogP contribution in [0.5, 0.6) is 0 Å². The Morgan fingerprint density at radius 2 is 1.68 bits per heavy atom. The first-order chi connectivity index (χ1) is 11.7. The Kier molecular flexibility index (Phi) is 3.55. The number of nitrogens with two attached hydrogens (primary N) is 1. The van der Waals surface area contributed by atoms with Crippen LogP contribution in [0.15, 0.2) is 17.2 Å². The van der Waals surface area contributed by atoms with Gasteiger partial charge in [0.1, 0.15) is 10.6 Å². The number of nitrogens with zero attached hydrogens (tertiary/aromatic N) is 1. The molecule has 0 saturated heterocycles. The lowest BCUT2D eigenvalue weighted by molar-refractivity contribution is -0.144. The van der Waals surface area contributed by atoms with Crippen molar-refractivity contribution < 1.29 is 18.0 Å². The number of nitrogens with one attached hydrogen (secondary N) is 1. The van der Waals surface area contributed by atoms with Crippen molar-refractivity contribution in [2.45, 2.75) is 43.4 Å². The van der Waals surface area contributed by atoms with Gasteiger partial charge in [0.15, 0.2) is 0 Å². The maximum absolute atomic E-state index is 12.9. The molecule has 1 heterocycles. The Morgan fingerprint density at radius 3 is 2.12 bits per heavy atom. The van der Waals surface area contributed by atoms with E-state index < -0.39 is 21.3 Å². The third-order valence-corrected chi connectivity index (χ3v) is 7.59. The van der Waals surface area contributed by atoms with Crippen molar-refractivity contribution in [1.82, 2.24) is 9.29 Å². The maximum Gasteiger partial charge on any atom is 0.265 e. The highest BCUT2D eigenvalue weighted by atomic mass is 32.2. The monoisotopic (exact) mass is 365 g/mol. The average Bonchev–Trinajstić information content (AvgIpc) is 2.88. The number of rotatable bonds is 4. The van der Waals surface area contributed by atoms with Gasteiger partial charge in [-0.15, -0.1) is 0 Å². The zero-order valence-corrected chi connectivity index (χ0v) is 15.0. The van der Waals surface area contributed by atoms with Gasteiger partial charge < -0.3 is 10.3 Å². The molecular formula is C17H23N3O4S. The normalized spacial score (nSPS) is 33.4. The van der Waals surface area contributed by atoms with E-state index in [2.05, 4.69) is 4.72 Å². The summed E-state index contributed by atoms with van der Waals surface area (Å²) in [7, 11) is -2.47. The van der Waals surface area contributed by atoms with Crippen LogP contribution >= 0.6 is 0 Å². The zero-order valence-electron chi connectivity index (χ0n) is 14.2. The van der Waals surface area contributed by atoms with Crippen LogP contribution in [0.2, 0.25) is 0 Å². The van der Waals surface area contributed by atoms with Crippen molar-refractivity contribution in [2.75, 3.05) is 0 Å². The number of sulfonamides is 1. The molecular weight excluding hydrogens is 342 g/mol. The largest absolute Gasteiger partial charge is 0.364 e. The van der Waals surface area contributed by atoms with E-state index in [-0.39, 0.29) is 16.5 Å². The quantitative estimate of drug-likeness (QED) is 0.833. The number of carbonyl (C=O) groups is 2. The van der Waals surface area contributed by atoms with Crippen LogP contribution in [0.3, 0.4) is 0 Å². The summed E-state index contributed by atoms with van der Waals surface area (Å²) in [4.78, 5) is 24.1. The minimum Gasteiger partial charge on any atom is -0.364 e. The Morgan fingerprint density at radius 1 is 1.16 bits per heavy atom. The van der Waals surface area contributed by atoms with Crippen LogP contribution in [-0.2, 0) is 21.9 Å². The van der Waals surface area contributed by atoms with Crippen molar-refractivity contribution in [3.8, 4) is 0 Å². The Balaban J connectivity index is 1.58. The topological polar surface area (TPSA) is 111 Å². The molecule has 4 aliphatic rings. The molecule has 0 radical (unpaired) electrons. The number of amides is 2. The van der Waals surface area contributed by atoms with Gasteiger partial charge in [-0.05, 0) is 62.3 Å². The van der Waals surface area contributed by atoms with Crippen molar-refractivity contribution in [3.05, 3.63) is 18.0 Å². The lowest BCUT2D eigenvalue weighted by Crippen LogP contribution is -2.54. The van der Waals surface area contributed by atoms with Crippen molar-refractivity contribution in [2.24, 2.45) is 36.0 Å². The van der Waals surface area contributed by atoms with E-state index in [1.54, 1.807) is 7.05 Å². The van der Waals surface area contributed by atoms with Gasteiger partial charge in [0.2, 0.25) is 5.91 Å². The van der Waals surface area contributed by atoms with Gasteiger partial charge in [-0.1, -0.05) is 0 Å². The van der Waals surface area contributed by atoms with Crippen LogP contribution in [0.25, 0.3) is 0 Å². The molecule has 0 unspecified atom stereocenters. The molecule has 1 aromatic rings. The first-order valence-electron chi connectivity index (χ1n) is 8.72. The molecule has 136 valence electrons. The van der Waals surface area contributed by atoms with E-state index in [1.165, 1.54) is 36.1 Å². The van der Waals surface area contributed by atoms with Gasteiger partial charge in [-0.2, -0.15) is 0 Å². The van der Waals surface area contributed by atoms with Crippen molar-refractivity contribution in [3.63, 3.8) is 0 Å². The number of aryl methyl sites for hydroxylation is 1. The van der Waals surface area contributed by atoms with Gasteiger partial charge in [0.25, 0.3) is 15.9 Å². The predicted octanol–water partition coefficient (Wildman–Crippen LogP) is 1.15. The molecule has 0 aliphatic heterocycles. The summed E-state index contributed by atoms with van der Waals surface area (Å²) in [5.41, 5.74) is 4.78. The van der Waals surface area contributed by atoms with E-state index >= 15 is 0 Å². The second-order valence-electron chi connectivity index (χ2n) is 8.17.